The minimum atomic E-state index is -0.232. The van der Waals surface area contributed by atoms with Gasteiger partial charge in [-0.3, -0.25) is 9.20 Å². The lowest BCUT2D eigenvalue weighted by Crippen LogP contribution is -2.41. The van der Waals surface area contributed by atoms with Gasteiger partial charge < -0.3 is 5.32 Å². The van der Waals surface area contributed by atoms with Gasteiger partial charge in [-0.05, 0) is 58.9 Å². The third kappa shape index (κ3) is 3.20. The summed E-state index contributed by atoms with van der Waals surface area (Å²) >= 11 is 3.21. The highest BCUT2D eigenvalue weighted by Crippen LogP contribution is 2.38. The van der Waals surface area contributed by atoms with Crippen molar-refractivity contribution >= 4 is 44.9 Å². The van der Waals surface area contributed by atoms with E-state index in [9.17, 15) is 4.79 Å². The van der Waals surface area contributed by atoms with Gasteiger partial charge in [-0.15, -0.1) is 21.5 Å². The number of hydrogen-bond donors (Lipinski definition) is 1. The maximum Gasteiger partial charge on any atom is 0.230 e. The van der Waals surface area contributed by atoms with Crippen LogP contribution in [0, 0.1) is 6.92 Å². The number of fused-ring (bicyclic) bond motifs is 5. The lowest BCUT2D eigenvalue weighted by atomic mass is 9.97. The molecule has 1 aliphatic carbocycles. The highest BCUT2D eigenvalue weighted by Gasteiger charge is 2.23. The molecule has 6 nitrogen and oxygen atoms in total. The zero-order valence-electron chi connectivity index (χ0n) is 15.5. The molecule has 3 aromatic rings. The number of hydrogen-bond acceptors (Lipinski definition) is 6. The summed E-state index contributed by atoms with van der Waals surface area (Å²) in [4.78, 5) is 19.5. The summed E-state index contributed by atoms with van der Waals surface area (Å²) in [5.74, 6) is 1.19. The molecule has 138 valence electrons. The number of thioether (sulfide) groups is 1. The van der Waals surface area contributed by atoms with Crippen molar-refractivity contribution in [2.24, 2.45) is 0 Å². The van der Waals surface area contributed by atoms with Crippen LogP contribution in [-0.4, -0.2) is 36.8 Å². The van der Waals surface area contributed by atoms with E-state index in [1.54, 1.807) is 11.3 Å². The molecule has 0 atom stereocenters. The van der Waals surface area contributed by atoms with Crippen LogP contribution >= 0.6 is 23.1 Å². The summed E-state index contributed by atoms with van der Waals surface area (Å²) in [5.41, 5.74) is 2.05. The SMILES string of the molecule is Cc1nc2sc3c(c2c2nnc(SCC(=O)NC(C)(C)C)n12)CCCC3. The molecule has 8 heteroatoms. The van der Waals surface area contributed by atoms with Gasteiger partial charge in [0.2, 0.25) is 5.91 Å². The predicted molar refractivity (Wildman–Crippen MR) is 106 cm³/mol. The summed E-state index contributed by atoms with van der Waals surface area (Å²) in [6.07, 6.45) is 4.72. The number of rotatable bonds is 3. The number of amides is 1. The molecule has 0 unspecified atom stereocenters. The molecule has 1 amide bonds. The zero-order chi connectivity index (χ0) is 18.5. The molecule has 0 aliphatic heterocycles. The molecule has 3 aromatic heterocycles. The molecule has 3 heterocycles. The van der Waals surface area contributed by atoms with Crippen molar-refractivity contribution in [1.29, 1.82) is 0 Å². The van der Waals surface area contributed by atoms with Gasteiger partial charge in [-0.2, -0.15) is 0 Å². The summed E-state index contributed by atoms with van der Waals surface area (Å²) in [6, 6.07) is 0. The van der Waals surface area contributed by atoms with E-state index in [0.29, 0.717) is 5.75 Å². The normalized spacial score (nSPS) is 14.8. The Balaban J connectivity index is 1.70. The van der Waals surface area contributed by atoms with Crippen LogP contribution < -0.4 is 5.32 Å². The smallest absolute Gasteiger partial charge is 0.230 e. The average Bonchev–Trinajstić information content (AvgIpc) is 3.12. The number of carbonyl (C=O) groups excluding carboxylic acids is 1. The highest BCUT2D eigenvalue weighted by atomic mass is 32.2. The fourth-order valence-electron chi connectivity index (χ4n) is 3.46. The molecule has 0 saturated carbocycles. The molecule has 1 N–H and O–H groups in total. The van der Waals surface area contributed by atoms with Crippen molar-refractivity contribution in [2.45, 2.75) is 64.1 Å². The van der Waals surface area contributed by atoms with E-state index in [4.69, 9.17) is 4.98 Å². The first kappa shape index (κ1) is 17.7. The summed E-state index contributed by atoms with van der Waals surface area (Å²) in [6.45, 7) is 7.92. The summed E-state index contributed by atoms with van der Waals surface area (Å²) in [5, 5.41) is 13.7. The van der Waals surface area contributed by atoms with E-state index in [-0.39, 0.29) is 11.4 Å². The fourth-order valence-corrected chi connectivity index (χ4v) is 5.54. The largest absolute Gasteiger partial charge is 0.351 e. The molecule has 1 aliphatic rings. The van der Waals surface area contributed by atoms with Crippen molar-refractivity contribution in [3.8, 4) is 0 Å². The number of aryl methyl sites for hydroxylation is 3. The van der Waals surface area contributed by atoms with Gasteiger partial charge in [0, 0.05) is 10.4 Å². The molecule has 0 radical (unpaired) electrons. The Labute approximate surface area is 160 Å². The molecular weight excluding hydrogens is 366 g/mol. The van der Waals surface area contributed by atoms with Crippen LogP contribution in [0.2, 0.25) is 0 Å². The second-order valence-electron chi connectivity index (χ2n) is 7.78. The lowest BCUT2D eigenvalue weighted by molar-refractivity contribution is -0.119. The Bertz CT molecular complexity index is 999. The summed E-state index contributed by atoms with van der Waals surface area (Å²) < 4.78 is 2.00. The Hall–Kier alpha value is -1.67. The Morgan fingerprint density at radius 2 is 2.04 bits per heavy atom. The van der Waals surface area contributed by atoms with E-state index < -0.39 is 0 Å². The van der Waals surface area contributed by atoms with Crippen LogP contribution in [0.25, 0.3) is 15.9 Å². The first-order valence-electron chi connectivity index (χ1n) is 8.93. The maximum atomic E-state index is 12.1. The van der Waals surface area contributed by atoms with E-state index in [0.717, 1.165) is 39.7 Å². The van der Waals surface area contributed by atoms with Crippen molar-refractivity contribution in [2.75, 3.05) is 5.75 Å². The van der Waals surface area contributed by atoms with E-state index in [1.807, 2.05) is 32.1 Å². The fraction of sp³-hybridized carbons (Fsp3) is 0.556. The van der Waals surface area contributed by atoms with Gasteiger partial charge in [0.15, 0.2) is 10.8 Å². The molecule has 0 saturated heterocycles. The van der Waals surface area contributed by atoms with Gasteiger partial charge in [-0.25, -0.2) is 4.98 Å². The molecule has 26 heavy (non-hydrogen) atoms. The minimum absolute atomic E-state index is 0.00106. The van der Waals surface area contributed by atoms with Crippen LogP contribution in [0.3, 0.4) is 0 Å². The number of nitrogens with zero attached hydrogens (tertiary/aromatic N) is 4. The van der Waals surface area contributed by atoms with Crippen molar-refractivity contribution < 1.29 is 4.79 Å². The van der Waals surface area contributed by atoms with Gasteiger partial charge in [0.25, 0.3) is 0 Å². The van der Waals surface area contributed by atoms with Crippen LogP contribution in [0.1, 0.15) is 49.9 Å². The molecule has 0 aromatic carbocycles. The van der Waals surface area contributed by atoms with Crippen molar-refractivity contribution in [3.05, 3.63) is 16.3 Å². The van der Waals surface area contributed by atoms with Crippen molar-refractivity contribution in [3.63, 3.8) is 0 Å². The number of nitrogens with one attached hydrogen (secondary N) is 1. The lowest BCUT2D eigenvalue weighted by Gasteiger charge is -2.20. The molecule has 0 bridgehead atoms. The van der Waals surface area contributed by atoms with Gasteiger partial charge >= 0.3 is 0 Å². The Kier molecular flexibility index (Phi) is 4.43. The second kappa shape index (κ2) is 6.49. The maximum absolute atomic E-state index is 12.1. The first-order valence-corrected chi connectivity index (χ1v) is 10.7. The van der Waals surface area contributed by atoms with E-state index in [2.05, 4.69) is 15.5 Å². The highest BCUT2D eigenvalue weighted by molar-refractivity contribution is 7.99. The molecule has 0 spiro atoms. The number of carbonyl (C=O) groups is 1. The monoisotopic (exact) mass is 389 g/mol. The topological polar surface area (TPSA) is 72.2 Å². The Morgan fingerprint density at radius 1 is 1.27 bits per heavy atom. The molecule has 0 fully saturated rings. The average molecular weight is 390 g/mol. The molecule has 4 rings (SSSR count). The van der Waals surface area contributed by atoms with Crippen molar-refractivity contribution in [1.82, 2.24) is 24.9 Å². The van der Waals surface area contributed by atoms with E-state index >= 15 is 0 Å². The predicted octanol–water partition coefficient (Wildman–Crippen LogP) is 3.53. The third-order valence-corrected chi connectivity index (χ3v) is 6.56. The standard InChI is InChI=1S/C18H23N5OS2/c1-10-19-16-14(11-7-5-6-8-12(11)26-16)15-21-22-17(23(10)15)25-9-13(24)20-18(2,3)4/h5-9H2,1-4H3,(H,20,24). The van der Waals surface area contributed by atoms with Crippen LogP contribution in [0.4, 0.5) is 0 Å². The third-order valence-electron chi connectivity index (χ3n) is 4.44. The molecular formula is C18H23N5OS2. The first-order chi connectivity index (χ1) is 12.3. The summed E-state index contributed by atoms with van der Waals surface area (Å²) in [7, 11) is 0. The minimum Gasteiger partial charge on any atom is -0.351 e. The number of aromatic nitrogens is 4. The van der Waals surface area contributed by atoms with Gasteiger partial charge in [-0.1, -0.05) is 11.8 Å². The number of thiophene rings is 1. The van der Waals surface area contributed by atoms with Crippen LogP contribution in [0.5, 0.6) is 0 Å². The van der Waals surface area contributed by atoms with Gasteiger partial charge in [0.1, 0.15) is 10.7 Å². The van der Waals surface area contributed by atoms with E-state index in [1.165, 1.54) is 35.0 Å². The quantitative estimate of drug-likeness (QED) is 0.694. The Morgan fingerprint density at radius 3 is 2.81 bits per heavy atom. The van der Waals surface area contributed by atoms with Crippen LogP contribution in [0.15, 0.2) is 5.16 Å². The van der Waals surface area contributed by atoms with Gasteiger partial charge in [0.05, 0.1) is 11.1 Å². The van der Waals surface area contributed by atoms with Crippen LogP contribution in [-0.2, 0) is 17.6 Å². The zero-order valence-corrected chi connectivity index (χ0v) is 17.2. The second-order valence-corrected chi connectivity index (χ2v) is 9.80.